The lowest BCUT2D eigenvalue weighted by Crippen LogP contribution is -2.38. The van der Waals surface area contributed by atoms with E-state index in [0.29, 0.717) is 12.2 Å². The first kappa shape index (κ1) is 18.0. The molecule has 0 aromatic carbocycles. The van der Waals surface area contributed by atoms with E-state index in [-0.39, 0.29) is 17.1 Å². The molecule has 0 amide bonds. The monoisotopic (exact) mass is 335 g/mol. The van der Waals surface area contributed by atoms with E-state index in [2.05, 4.69) is 10.4 Å². The summed E-state index contributed by atoms with van der Waals surface area (Å²) < 4.78 is 23.6. The van der Waals surface area contributed by atoms with Gasteiger partial charge in [-0.25, -0.2) is 13.1 Å². The van der Waals surface area contributed by atoms with E-state index in [1.54, 1.807) is 13.8 Å². The molecule has 0 bridgehead atoms. The van der Waals surface area contributed by atoms with Gasteiger partial charge in [-0.3, -0.25) is 4.79 Å². The third kappa shape index (κ3) is 4.44. The molecule has 120 valence electrons. The van der Waals surface area contributed by atoms with Gasteiger partial charge in [0, 0.05) is 19.3 Å². The summed E-state index contributed by atoms with van der Waals surface area (Å²) in [5.41, 5.74) is -0.0154. The van der Waals surface area contributed by atoms with Crippen molar-refractivity contribution in [3.63, 3.8) is 0 Å². The molecule has 0 saturated carbocycles. The summed E-state index contributed by atoms with van der Waals surface area (Å²) in [5.74, 6) is 0. The van der Waals surface area contributed by atoms with Crippen molar-refractivity contribution in [2.45, 2.75) is 44.9 Å². The van der Waals surface area contributed by atoms with E-state index in [1.165, 1.54) is 17.1 Å². The molecule has 6 nitrogen and oxygen atoms in total. The Balaban J connectivity index is 2.92. The fraction of sp³-hybridized carbons (Fsp3) is 0.692. The van der Waals surface area contributed by atoms with Crippen molar-refractivity contribution in [3.05, 3.63) is 21.6 Å². The van der Waals surface area contributed by atoms with Gasteiger partial charge in [0.2, 0.25) is 0 Å². The minimum Gasteiger partial charge on any atom is -0.381 e. The number of aryl methyl sites for hydroxylation is 1. The summed E-state index contributed by atoms with van der Waals surface area (Å²) in [5, 5.41) is 6.98. The second kappa shape index (κ2) is 6.79. The Morgan fingerprint density at radius 1 is 1.43 bits per heavy atom. The first-order chi connectivity index (χ1) is 9.60. The lowest BCUT2D eigenvalue weighted by Gasteiger charge is -2.23. The van der Waals surface area contributed by atoms with Crippen LogP contribution in [0.15, 0.2) is 11.0 Å². The standard InChI is InChI=1S/C13H22ClN3O3S/c1-5-6-7-17-12(18)11(14)10(8-16-17)15-9-13(2,3)21(4,19)20/h8,15H,5-7,9H2,1-4H3. The fourth-order valence-corrected chi connectivity index (χ4v) is 2.04. The van der Waals surface area contributed by atoms with Crippen LogP contribution in [0.4, 0.5) is 5.69 Å². The quantitative estimate of drug-likeness (QED) is 0.823. The number of rotatable bonds is 7. The molecule has 8 heteroatoms. The van der Waals surface area contributed by atoms with Crippen molar-refractivity contribution in [2.75, 3.05) is 18.1 Å². The average Bonchev–Trinajstić information content (AvgIpc) is 2.38. The largest absolute Gasteiger partial charge is 0.381 e. The summed E-state index contributed by atoms with van der Waals surface area (Å²) >= 11 is 6.04. The van der Waals surface area contributed by atoms with Crippen LogP contribution in [-0.2, 0) is 16.4 Å². The van der Waals surface area contributed by atoms with Crippen LogP contribution in [-0.4, -0.2) is 35.7 Å². The first-order valence-corrected chi connectivity index (χ1v) is 9.06. The van der Waals surface area contributed by atoms with Crippen LogP contribution in [0.3, 0.4) is 0 Å². The highest BCUT2D eigenvalue weighted by Gasteiger charge is 2.30. The summed E-state index contributed by atoms with van der Waals surface area (Å²) in [6.45, 7) is 5.91. The van der Waals surface area contributed by atoms with E-state index in [1.807, 2.05) is 6.92 Å². The van der Waals surface area contributed by atoms with E-state index >= 15 is 0 Å². The number of nitrogens with zero attached hydrogens (tertiary/aromatic N) is 2. The molecular formula is C13H22ClN3O3S. The van der Waals surface area contributed by atoms with Gasteiger partial charge in [0.25, 0.3) is 5.56 Å². The molecule has 0 atom stereocenters. The molecular weight excluding hydrogens is 314 g/mol. The lowest BCUT2D eigenvalue weighted by atomic mass is 10.2. The molecule has 21 heavy (non-hydrogen) atoms. The van der Waals surface area contributed by atoms with Crippen molar-refractivity contribution >= 4 is 27.1 Å². The molecule has 0 saturated heterocycles. The highest BCUT2D eigenvalue weighted by atomic mass is 35.5. The van der Waals surface area contributed by atoms with Gasteiger partial charge in [0.1, 0.15) is 5.02 Å². The third-order valence-corrected chi connectivity index (χ3v) is 5.93. The Labute approximate surface area is 130 Å². The van der Waals surface area contributed by atoms with Gasteiger partial charge in [0.05, 0.1) is 16.6 Å². The first-order valence-electron chi connectivity index (χ1n) is 6.79. The fourth-order valence-electron chi connectivity index (χ4n) is 1.49. The lowest BCUT2D eigenvalue weighted by molar-refractivity contribution is 0.542. The van der Waals surface area contributed by atoms with Crippen molar-refractivity contribution < 1.29 is 8.42 Å². The predicted octanol–water partition coefficient (Wildman–Crippen LogP) is 1.93. The number of aromatic nitrogens is 2. The summed E-state index contributed by atoms with van der Waals surface area (Å²) in [7, 11) is -3.22. The Bertz CT molecular complexity index is 653. The van der Waals surface area contributed by atoms with Crippen LogP contribution in [0.2, 0.25) is 5.02 Å². The third-order valence-electron chi connectivity index (χ3n) is 3.42. The topological polar surface area (TPSA) is 81.1 Å². The Kier molecular flexibility index (Phi) is 5.81. The normalized spacial score (nSPS) is 12.4. The number of unbranched alkanes of at least 4 members (excludes halogenated alkanes) is 1. The number of hydrogen-bond donors (Lipinski definition) is 1. The van der Waals surface area contributed by atoms with Crippen molar-refractivity contribution in [2.24, 2.45) is 0 Å². The van der Waals surface area contributed by atoms with E-state index in [0.717, 1.165) is 12.8 Å². The molecule has 0 aliphatic rings. The minimum atomic E-state index is -3.22. The molecule has 1 N–H and O–H groups in total. The van der Waals surface area contributed by atoms with Gasteiger partial charge in [-0.1, -0.05) is 24.9 Å². The van der Waals surface area contributed by atoms with E-state index in [4.69, 9.17) is 11.6 Å². The van der Waals surface area contributed by atoms with E-state index < -0.39 is 14.6 Å². The second-order valence-electron chi connectivity index (χ2n) is 5.64. The van der Waals surface area contributed by atoms with Crippen LogP contribution in [0, 0.1) is 0 Å². The highest BCUT2D eigenvalue weighted by molar-refractivity contribution is 7.92. The number of halogens is 1. The molecule has 0 unspecified atom stereocenters. The smallest absolute Gasteiger partial charge is 0.287 e. The maximum Gasteiger partial charge on any atom is 0.287 e. The zero-order chi connectivity index (χ0) is 16.3. The van der Waals surface area contributed by atoms with Crippen LogP contribution in [0.1, 0.15) is 33.6 Å². The van der Waals surface area contributed by atoms with Crippen LogP contribution >= 0.6 is 11.6 Å². The zero-order valence-electron chi connectivity index (χ0n) is 12.8. The van der Waals surface area contributed by atoms with Crippen LogP contribution < -0.4 is 10.9 Å². The van der Waals surface area contributed by atoms with Crippen LogP contribution in [0.25, 0.3) is 0 Å². The Morgan fingerprint density at radius 3 is 2.57 bits per heavy atom. The van der Waals surface area contributed by atoms with Gasteiger partial charge in [-0.15, -0.1) is 0 Å². The molecule has 0 radical (unpaired) electrons. The van der Waals surface area contributed by atoms with Crippen LogP contribution in [0.5, 0.6) is 0 Å². The summed E-state index contributed by atoms with van der Waals surface area (Å²) in [6, 6.07) is 0. The van der Waals surface area contributed by atoms with Crippen molar-refractivity contribution in [1.29, 1.82) is 0 Å². The molecule has 1 rings (SSSR count). The molecule has 0 fully saturated rings. The number of anilines is 1. The minimum absolute atomic E-state index is 0.0328. The van der Waals surface area contributed by atoms with Gasteiger partial charge in [-0.2, -0.15) is 5.10 Å². The molecule has 1 aromatic rings. The Hall–Kier alpha value is -1.08. The van der Waals surface area contributed by atoms with Gasteiger partial charge >= 0.3 is 0 Å². The second-order valence-corrected chi connectivity index (χ2v) is 8.67. The van der Waals surface area contributed by atoms with Crippen molar-refractivity contribution in [3.8, 4) is 0 Å². The number of sulfone groups is 1. The van der Waals surface area contributed by atoms with Gasteiger partial charge < -0.3 is 5.32 Å². The SMILES string of the molecule is CCCCn1ncc(NCC(C)(C)S(C)(=O)=O)c(Cl)c1=O. The molecule has 0 spiro atoms. The van der Waals surface area contributed by atoms with Crippen molar-refractivity contribution in [1.82, 2.24) is 9.78 Å². The maximum atomic E-state index is 12.0. The summed E-state index contributed by atoms with van der Waals surface area (Å²) in [6.07, 6.45) is 4.43. The summed E-state index contributed by atoms with van der Waals surface area (Å²) in [4.78, 5) is 12.0. The zero-order valence-corrected chi connectivity index (χ0v) is 14.4. The molecule has 1 heterocycles. The average molecular weight is 336 g/mol. The highest BCUT2D eigenvalue weighted by Crippen LogP contribution is 2.20. The Morgan fingerprint density at radius 2 is 2.05 bits per heavy atom. The number of hydrogen-bond acceptors (Lipinski definition) is 5. The van der Waals surface area contributed by atoms with Gasteiger partial charge in [0.15, 0.2) is 9.84 Å². The molecule has 0 aliphatic heterocycles. The number of nitrogens with one attached hydrogen (secondary N) is 1. The van der Waals surface area contributed by atoms with Gasteiger partial charge in [-0.05, 0) is 20.3 Å². The molecule has 0 aliphatic carbocycles. The van der Waals surface area contributed by atoms with E-state index in [9.17, 15) is 13.2 Å². The maximum absolute atomic E-state index is 12.0. The molecule has 1 aromatic heterocycles. The predicted molar refractivity (Wildman–Crippen MR) is 85.8 cm³/mol.